The zero-order valence-corrected chi connectivity index (χ0v) is 12.8. The fourth-order valence-electron chi connectivity index (χ4n) is 2.44. The van der Waals surface area contributed by atoms with Crippen LogP contribution in [0.1, 0.15) is 11.3 Å². The van der Waals surface area contributed by atoms with Gasteiger partial charge >= 0.3 is 0 Å². The highest BCUT2D eigenvalue weighted by Crippen LogP contribution is 2.26. The maximum atomic E-state index is 13.3. The van der Waals surface area contributed by atoms with Crippen LogP contribution in [0.5, 0.6) is 0 Å². The van der Waals surface area contributed by atoms with Gasteiger partial charge in [0.2, 0.25) is 0 Å². The molecular formula is C15H18FN3OS. The first-order chi connectivity index (χ1) is 10.1. The molecule has 2 aromatic rings. The highest BCUT2D eigenvalue weighted by molar-refractivity contribution is 7.99. The molecule has 0 amide bonds. The van der Waals surface area contributed by atoms with Crippen molar-refractivity contribution in [3.05, 3.63) is 35.3 Å². The normalized spacial score (nSPS) is 16.7. The fraction of sp³-hybridized carbons (Fsp3) is 0.400. The number of hydrogen-bond donors (Lipinski definition) is 1. The first-order valence-corrected chi connectivity index (χ1v) is 8.11. The molecule has 1 aromatic heterocycles. The number of hydrogen-bond acceptors (Lipinski definition) is 3. The standard InChI is InChI=1S/C15H18FN3OS/c1-10-12-8-11(16)2-3-13(12)20-14(10)9-18-15(17)19-4-6-21-7-5-19/h2-3,8H,4-7,9H2,1H3,(H2,17,18). The van der Waals surface area contributed by atoms with Crippen molar-refractivity contribution in [3.8, 4) is 0 Å². The van der Waals surface area contributed by atoms with E-state index >= 15 is 0 Å². The SMILES string of the molecule is Cc1c(CN=C(N)N2CCSCC2)oc2ccc(F)cc12. The van der Waals surface area contributed by atoms with Crippen molar-refractivity contribution < 1.29 is 8.81 Å². The van der Waals surface area contributed by atoms with Crippen LogP contribution in [-0.4, -0.2) is 35.5 Å². The average molecular weight is 307 g/mol. The number of thioether (sulfide) groups is 1. The number of fused-ring (bicyclic) bond motifs is 1. The minimum absolute atomic E-state index is 0.258. The second kappa shape index (κ2) is 5.97. The van der Waals surface area contributed by atoms with Gasteiger partial charge in [0, 0.05) is 35.5 Å². The van der Waals surface area contributed by atoms with Gasteiger partial charge in [-0.1, -0.05) is 0 Å². The molecule has 1 saturated heterocycles. The molecule has 6 heteroatoms. The summed E-state index contributed by atoms with van der Waals surface area (Å²) < 4.78 is 19.0. The van der Waals surface area contributed by atoms with E-state index in [-0.39, 0.29) is 5.82 Å². The molecule has 0 atom stereocenters. The second-order valence-electron chi connectivity index (χ2n) is 5.06. The number of benzene rings is 1. The van der Waals surface area contributed by atoms with Crippen LogP contribution in [0.2, 0.25) is 0 Å². The number of nitrogens with zero attached hydrogens (tertiary/aromatic N) is 2. The molecule has 1 aromatic carbocycles. The van der Waals surface area contributed by atoms with Gasteiger partial charge in [-0.15, -0.1) is 0 Å². The van der Waals surface area contributed by atoms with Gasteiger partial charge < -0.3 is 15.1 Å². The van der Waals surface area contributed by atoms with E-state index in [0.717, 1.165) is 41.3 Å². The molecule has 0 unspecified atom stereocenters. The number of aliphatic imine (C=N–C) groups is 1. The lowest BCUT2D eigenvalue weighted by atomic mass is 10.1. The molecule has 1 aliphatic rings. The van der Waals surface area contributed by atoms with Crippen LogP contribution >= 0.6 is 11.8 Å². The molecule has 0 bridgehead atoms. The van der Waals surface area contributed by atoms with Gasteiger partial charge in [0.05, 0.1) is 0 Å². The Hall–Kier alpha value is -1.69. The van der Waals surface area contributed by atoms with Gasteiger partial charge in [-0.2, -0.15) is 11.8 Å². The van der Waals surface area contributed by atoms with Crippen molar-refractivity contribution >= 4 is 28.7 Å². The Balaban J connectivity index is 1.79. The molecule has 4 nitrogen and oxygen atoms in total. The van der Waals surface area contributed by atoms with Crippen LogP contribution in [0.25, 0.3) is 11.0 Å². The quantitative estimate of drug-likeness (QED) is 0.685. The molecule has 0 aliphatic carbocycles. The highest BCUT2D eigenvalue weighted by Gasteiger charge is 2.14. The third-order valence-corrected chi connectivity index (χ3v) is 4.66. The van der Waals surface area contributed by atoms with Crippen molar-refractivity contribution in [2.75, 3.05) is 24.6 Å². The van der Waals surface area contributed by atoms with Gasteiger partial charge in [0.1, 0.15) is 23.7 Å². The van der Waals surface area contributed by atoms with Gasteiger partial charge in [-0.05, 0) is 25.1 Å². The topological polar surface area (TPSA) is 54.8 Å². The minimum atomic E-state index is -0.258. The lowest BCUT2D eigenvalue weighted by Crippen LogP contribution is -2.42. The van der Waals surface area contributed by atoms with Crippen molar-refractivity contribution in [1.29, 1.82) is 0 Å². The van der Waals surface area contributed by atoms with Crippen LogP contribution in [0.3, 0.4) is 0 Å². The van der Waals surface area contributed by atoms with Crippen LogP contribution in [0, 0.1) is 12.7 Å². The van der Waals surface area contributed by atoms with Crippen molar-refractivity contribution in [2.45, 2.75) is 13.5 Å². The van der Waals surface area contributed by atoms with Gasteiger partial charge in [-0.3, -0.25) is 0 Å². The second-order valence-corrected chi connectivity index (χ2v) is 6.29. The Kier molecular flexibility index (Phi) is 4.05. The van der Waals surface area contributed by atoms with Gasteiger partial charge in [0.25, 0.3) is 0 Å². The molecule has 2 heterocycles. The van der Waals surface area contributed by atoms with Crippen LogP contribution < -0.4 is 5.73 Å². The largest absolute Gasteiger partial charge is 0.459 e. The molecule has 112 valence electrons. The van der Waals surface area contributed by atoms with E-state index in [1.54, 1.807) is 6.07 Å². The summed E-state index contributed by atoms with van der Waals surface area (Å²) >= 11 is 1.93. The van der Waals surface area contributed by atoms with Crippen molar-refractivity contribution in [1.82, 2.24) is 4.90 Å². The zero-order chi connectivity index (χ0) is 14.8. The third-order valence-electron chi connectivity index (χ3n) is 3.72. The molecule has 1 fully saturated rings. The summed E-state index contributed by atoms with van der Waals surface area (Å²) in [4.78, 5) is 6.51. The van der Waals surface area contributed by atoms with E-state index in [1.807, 2.05) is 18.7 Å². The average Bonchev–Trinajstić information content (AvgIpc) is 2.82. The van der Waals surface area contributed by atoms with E-state index in [9.17, 15) is 4.39 Å². The molecule has 0 radical (unpaired) electrons. The van der Waals surface area contributed by atoms with E-state index in [1.165, 1.54) is 12.1 Å². The number of rotatable bonds is 2. The fourth-order valence-corrected chi connectivity index (χ4v) is 3.34. The molecule has 1 aliphatic heterocycles. The number of guanidine groups is 1. The highest BCUT2D eigenvalue weighted by atomic mass is 32.2. The molecule has 2 N–H and O–H groups in total. The number of halogens is 1. The van der Waals surface area contributed by atoms with Gasteiger partial charge in [-0.25, -0.2) is 9.38 Å². The third kappa shape index (κ3) is 3.00. The maximum Gasteiger partial charge on any atom is 0.191 e. The van der Waals surface area contributed by atoms with E-state index in [2.05, 4.69) is 9.89 Å². The summed E-state index contributed by atoms with van der Waals surface area (Å²) in [6, 6.07) is 4.54. The molecule has 21 heavy (non-hydrogen) atoms. The van der Waals surface area contributed by atoms with E-state index < -0.39 is 0 Å². The first-order valence-electron chi connectivity index (χ1n) is 6.95. The van der Waals surface area contributed by atoms with Crippen LogP contribution in [-0.2, 0) is 6.54 Å². The summed E-state index contributed by atoms with van der Waals surface area (Å²) in [5.74, 6) is 3.20. The van der Waals surface area contributed by atoms with Crippen molar-refractivity contribution in [2.24, 2.45) is 10.7 Å². The maximum absolute atomic E-state index is 13.3. The summed E-state index contributed by atoms with van der Waals surface area (Å²) in [7, 11) is 0. The van der Waals surface area contributed by atoms with E-state index in [4.69, 9.17) is 10.2 Å². The number of aryl methyl sites for hydroxylation is 1. The van der Waals surface area contributed by atoms with Crippen molar-refractivity contribution in [3.63, 3.8) is 0 Å². The Bertz CT molecular complexity index is 677. The summed E-state index contributed by atoms with van der Waals surface area (Å²) in [5.41, 5.74) is 7.64. The predicted octanol–water partition coefficient (Wildman–Crippen LogP) is 2.74. The molecule has 3 rings (SSSR count). The summed E-state index contributed by atoms with van der Waals surface area (Å²) in [6.07, 6.45) is 0. The Labute approximate surface area is 127 Å². The summed E-state index contributed by atoms with van der Waals surface area (Å²) in [6.45, 7) is 4.18. The minimum Gasteiger partial charge on any atom is -0.459 e. The van der Waals surface area contributed by atoms with E-state index in [0.29, 0.717) is 18.1 Å². The Morgan fingerprint density at radius 3 is 2.95 bits per heavy atom. The lowest BCUT2D eigenvalue weighted by Gasteiger charge is -2.27. The Morgan fingerprint density at radius 1 is 1.43 bits per heavy atom. The zero-order valence-electron chi connectivity index (χ0n) is 11.9. The predicted molar refractivity (Wildman–Crippen MR) is 85.1 cm³/mol. The van der Waals surface area contributed by atoms with Gasteiger partial charge in [0.15, 0.2) is 5.96 Å². The molecule has 0 saturated carbocycles. The molecular weight excluding hydrogens is 289 g/mol. The number of furan rings is 1. The monoisotopic (exact) mass is 307 g/mol. The van der Waals surface area contributed by atoms with Crippen LogP contribution in [0.15, 0.2) is 27.6 Å². The molecule has 0 spiro atoms. The Morgan fingerprint density at radius 2 is 2.19 bits per heavy atom. The van der Waals surface area contributed by atoms with Crippen LogP contribution in [0.4, 0.5) is 4.39 Å². The first kappa shape index (κ1) is 14.3. The smallest absolute Gasteiger partial charge is 0.191 e. The number of nitrogens with two attached hydrogens (primary N) is 1. The summed E-state index contributed by atoms with van der Waals surface area (Å²) in [5, 5.41) is 0.799. The lowest BCUT2D eigenvalue weighted by molar-refractivity contribution is 0.453.